The van der Waals surface area contributed by atoms with Crippen molar-refractivity contribution in [3.05, 3.63) is 77.5 Å². The van der Waals surface area contributed by atoms with Crippen molar-refractivity contribution < 1.29 is 4.79 Å². The summed E-state index contributed by atoms with van der Waals surface area (Å²) in [6.45, 7) is 1.87. The third-order valence-corrected chi connectivity index (χ3v) is 3.33. The normalized spacial score (nSPS) is 10.1. The molecule has 112 valence electrons. The first-order valence-electron chi connectivity index (χ1n) is 7.11. The number of aryl methyl sites for hydroxylation is 1. The van der Waals surface area contributed by atoms with E-state index in [4.69, 9.17) is 5.26 Å². The Morgan fingerprint density at radius 1 is 1.13 bits per heavy atom. The molecule has 0 unspecified atom stereocenters. The first-order chi connectivity index (χ1) is 11.2. The van der Waals surface area contributed by atoms with E-state index >= 15 is 0 Å². The summed E-state index contributed by atoms with van der Waals surface area (Å²) >= 11 is 0. The van der Waals surface area contributed by atoms with Gasteiger partial charge in [-0.3, -0.25) is 4.79 Å². The molecular formula is C18H14N4O. The number of rotatable bonds is 3. The van der Waals surface area contributed by atoms with Gasteiger partial charge in [0.2, 0.25) is 0 Å². The number of hydrogen-bond donors (Lipinski definition) is 1. The van der Waals surface area contributed by atoms with Crippen LogP contribution in [-0.2, 0) is 0 Å². The molecule has 0 saturated carbocycles. The number of nitrogens with one attached hydrogen (secondary N) is 1. The molecule has 3 rings (SSSR count). The summed E-state index contributed by atoms with van der Waals surface area (Å²) in [6.07, 6.45) is 0. The van der Waals surface area contributed by atoms with Crippen LogP contribution in [0.4, 0.5) is 5.82 Å². The van der Waals surface area contributed by atoms with Crippen LogP contribution in [0.1, 0.15) is 21.6 Å². The summed E-state index contributed by atoms with van der Waals surface area (Å²) in [5.41, 5.74) is 2.55. The van der Waals surface area contributed by atoms with E-state index in [1.165, 1.54) is 0 Å². The van der Waals surface area contributed by atoms with Crippen molar-refractivity contribution in [3.63, 3.8) is 0 Å². The fraction of sp³-hybridized carbons (Fsp3) is 0.0556. The summed E-state index contributed by atoms with van der Waals surface area (Å²) < 4.78 is 1.68. The van der Waals surface area contributed by atoms with Crippen LogP contribution >= 0.6 is 0 Å². The maximum Gasteiger partial charge on any atom is 0.256 e. The lowest BCUT2D eigenvalue weighted by Crippen LogP contribution is -2.15. The summed E-state index contributed by atoms with van der Waals surface area (Å²) in [5, 5.41) is 16.2. The van der Waals surface area contributed by atoms with Crippen LogP contribution < -0.4 is 5.32 Å². The van der Waals surface area contributed by atoms with E-state index in [0.717, 1.165) is 11.4 Å². The highest BCUT2D eigenvalue weighted by Gasteiger charge is 2.12. The number of carbonyl (C=O) groups excluding carboxylic acids is 1. The van der Waals surface area contributed by atoms with Gasteiger partial charge in [0.15, 0.2) is 0 Å². The van der Waals surface area contributed by atoms with Crippen LogP contribution in [0.3, 0.4) is 0 Å². The monoisotopic (exact) mass is 302 g/mol. The van der Waals surface area contributed by atoms with Crippen LogP contribution in [0.2, 0.25) is 0 Å². The predicted molar refractivity (Wildman–Crippen MR) is 87.4 cm³/mol. The largest absolute Gasteiger partial charge is 0.306 e. The van der Waals surface area contributed by atoms with E-state index in [0.29, 0.717) is 16.9 Å². The van der Waals surface area contributed by atoms with Gasteiger partial charge >= 0.3 is 0 Å². The molecular weight excluding hydrogens is 288 g/mol. The van der Waals surface area contributed by atoms with Gasteiger partial charge in [-0.05, 0) is 37.3 Å². The highest BCUT2D eigenvalue weighted by molar-refractivity contribution is 6.04. The fourth-order valence-corrected chi connectivity index (χ4v) is 2.27. The number of aromatic nitrogens is 2. The molecule has 0 aliphatic heterocycles. The van der Waals surface area contributed by atoms with E-state index in [-0.39, 0.29) is 5.91 Å². The molecule has 0 radical (unpaired) electrons. The smallest absolute Gasteiger partial charge is 0.256 e. The summed E-state index contributed by atoms with van der Waals surface area (Å²) in [4.78, 5) is 12.4. The maximum atomic E-state index is 12.4. The van der Waals surface area contributed by atoms with Gasteiger partial charge in [0.25, 0.3) is 5.91 Å². The summed E-state index contributed by atoms with van der Waals surface area (Å²) in [5.74, 6) is 0.306. The van der Waals surface area contributed by atoms with Gasteiger partial charge < -0.3 is 5.32 Å². The zero-order valence-electron chi connectivity index (χ0n) is 12.5. The average Bonchev–Trinajstić information content (AvgIpc) is 2.96. The van der Waals surface area contributed by atoms with Crippen LogP contribution in [0.5, 0.6) is 0 Å². The van der Waals surface area contributed by atoms with Crippen molar-refractivity contribution in [2.75, 3.05) is 5.32 Å². The minimum atomic E-state index is -0.279. The van der Waals surface area contributed by atoms with Gasteiger partial charge in [-0.2, -0.15) is 10.4 Å². The molecule has 3 aromatic rings. The van der Waals surface area contributed by atoms with Crippen molar-refractivity contribution in [1.29, 1.82) is 5.26 Å². The molecule has 0 bridgehead atoms. The Hall–Kier alpha value is -3.39. The third kappa shape index (κ3) is 3.11. The average molecular weight is 302 g/mol. The SMILES string of the molecule is Cc1cc(NC(=O)c2cccc(C#N)c2)n(-c2ccccc2)n1. The summed E-state index contributed by atoms with van der Waals surface area (Å²) in [6, 6.07) is 20.0. The molecule has 0 fully saturated rings. The van der Waals surface area contributed by atoms with E-state index in [9.17, 15) is 4.79 Å². The second-order valence-corrected chi connectivity index (χ2v) is 5.07. The van der Waals surface area contributed by atoms with Gasteiger partial charge in [0.1, 0.15) is 5.82 Å². The molecule has 0 spiro atoms. The fourth-order valence-electron chi connectivity index (χ4n) is 2.27. The molecule has 0 atom stereocenters. The number of nitriles is 1. The first-order valence-corrected chi connectivity index (χ1v) is 7.11. The quantitative estimate of drug-likeness (QED) is 0.807. The Morgan fingerprint density at radius 2 is 1.91 bits per heavy atom. The maximum absolute atomic E-state index is 12.4. The lowest BCUT2D eigenvalue weighted by molar-refractivity contribution is 0.102. The third-order valence-electron chi connectivity index (χ3n) is 3.33. The predicted octanol–water partition coefficient (Wildman–Crippen LogP) is 3.30. The minimum Gasteiger partial charge on any atom is -0.306 e. The molecule has 1 amide bonds. The van der Waals surface area contributed by atoms with Gasteiger partial charge in [0, 0.05) is 11.6 Å². The molecule has 0 saturated heterocycles. The lowest BCUT2D eigenvalue weighted by atomic mass is 10.1. The number of anilines is 1. The van der Waals surface area contributed by atoms with Gasteiger partial charge in [-0.25, -0.2) is 4.68 Å². The minimum absolute atomic E-state index is 0.279. The van der Waals surface area contributed by atoms with Crippen LogP contribution in [0.15, 0.2) is 60.7 Å². The second-order valence-electron chi connectivity index (χ2n) is 5.07. The Labute approximate surface area is 133 Å². The Bertz CT molecular complexity index is 891. The highest BCUT2D eigenvalue weighted by Crippen LogP contribution is 2.18. The first kappa shape index (κ1) is 14.5. The van der Waals surface area contributed by atoms with E-state index < -0.39 is 0 Å². The molecule has 23 heavy (non-hydrogen) atoms. The topological polar surface area (TPSA) is 70.7 Å². The number of para-hydroxylation sites is 1. The van der Waals surface area contributed by atoms with Gasteiger partial charge in [0.05, 0.1) is 23.0 Å². The molecule has 1 heterocycles. The zero-order chi connectivity index (χ0) is 16.2. The van der Waals surface area contributed by atoms with E-state index in [2.05, 4.69) is 10.4 Å². The van der Waals surface area contributed by atoms with Crippen LogP contribution in [0.25, 0.3) is 5.69 Å². The molecule has 0 aliphatic rings. The second kappa shape index (κ2) is 6.16. The Morgan fingerprint density at radius 3 is 2.65 bits per heavy atom. The zero-order valence-corrected chi connectivity index (χ0v) is 12.5. The summed E-state index contributed by atoms with van der Waals surface area (Å²) in [7, 11) is 0. The van der Waals surface area contributed by atoms with Crippen molar-refractivity contribution in [2.45, 2.75) is 6.92 Å². The molecule has 5 nitrogen and oxygen atoms in total. The Balaban J connectivity index is 1.91. The van der Waals surface area contributed by atoms with Crippen molar-refractivity contribution in [2.24, 2.45) is 0 Å². The van der Waals surface area contributed by atoms with Crippen molar-refractivity contribution >= 4 is 11.7 Å². The number of carbonyl (C=O) groups is 1. The van der Waals surface area contributed by atoms with E-state index in [1.54, 1.807) is 35.0 Å². The molecule has 0 aliphatic carbocycles. The number of amides is 1. The number of hydrogen-bond acceptors (Lipinski definition) is 3. The van der Waals surface area contributed by atoms with E-state index in [1.807, 2.05) is 43.3 Å². The molecule has 1 aromatic heterocycles. The van der Waals surface area contributed by atoms with Gasteiger partial charge in [-0.1, -0.05) is 24.3 Å². The number of benzene rings is 2. The van der Waals surface area contributed by atoms with Crippen molar-refractivity contribution in [3.8, 4) is 11.8 Å². The van der Waals surface area contributed by atoms with Crippen molar-refractivity contribution in [1.82, 2.24) is 9.78 Å². The van der Waals surface area contributed by atoms with Gasteiger partial charge in [-0.15, -0.1) is 0 Å². The standard InChI is InChI=1S/C18H14N4O/c1-13-10-17(22(21-13)16-8-3-2-4-9-16)20-18(23)15-7-5-6-14(11-15)12-19/h2-11H,1H3,(H,20,23). The van der Waals surface area contributed by atoms with Crippen LogP contribution in [0, 0.1) is 18.3 Å². The highest BCUT2D eigenvalue weighted by atomic mass is 16.1. The molecule has 1 N–H and O–H groups in total. The Kier molecular flexibility index (Phi) is 3.89. The van der Waals surface area contributed by atoms with Crippen LogP contribution in [-0.4, -0.2) is 15.7 Å². The molecule has 5 heteroatoms. The lowest BCUT2D eigenvalue weighted by Gasteiger charge is -2.09. The number of nitrogens with zero attached hydrogens (tertiary/aromatic N) is 3. The molecule has 2 aromatic carbocycles.